The molecule has 0 radical (unpaired) electrons. The Balaban J connectivity index is 0.00000289. The first-order chi connectivity index (χ1) is 7.57. The van der Waals surface area contributed by atoms with Crippen molar-refractivity contribution in [1.82, 2.24) is 0 Å². The second kappa shape index (κ2) is 5.46. The molecule has 1 rings (SSSR count). The summed E-state index contributed by atoms with van der Waals surface area (Å²) in [5.74, 6) is -5.51. The van der Waals surface area contributed by atoms with Crippen molar-refractivity contribution in [2.24, 2.45) is 5.73 Å². The third-order valence-corrected chi connectivity index (χ3v) is 2.40. The molecule has 18 heavy (non-hydrogen) atoms. The van der Waals surface area contributed by atoms with E-state index in [2.05, 4.69) is 0 Å². The fraction of sp³-hybridized carbons (Fsp3) is 0.333. The first-order valence-corrected chi connectivity index (χ1v) is 4.63. The highest BCUT2D eigenvalue weighted by molar-refractivity contribution is 6.32. The lowest BCUT2D eigenvalue weighted by Crippen LogP contribution is -2.45. The van der Waals surface area contributed by atoms with Crippen LogP contribution in [0.2, 0.25) is 5.02 Å². The molecule has 1 aromatic rings. The van der Waals surface area contributed by atoms with E-state index < -0.39 is 29.5 Å². The van der Waals surface area contributed by atoms with Crippen molar-refractivity contribution in [2.75, 3.05) is 0 Å². The first kappa shape index (κ1) is 17.2. The minimum atomic E-state index is -5.75. The SMILES string of the molecule is Cl.N[C@@H](c1ccc(O)c(Cl)c1)C(F)(F)C(F)(F)F. The summed E-state index contributed by atoms with van der Waals surface area (Å²) >= 11 is 5.39. The van der Waals surface area contributed by atoms with Gasteiger partial charge >= 0.3 is 12.1 Å². The van der Waals surface area contributed by atoms with Gasteiger partial charge in [0.15, 0.2) is 0 Å². The number of benzene rings is 1. The molecule has 0 aliphatic rings. The molecule has 0 bridgehead atoms. The highest BCUT2D eigenvalue weighted by Gasteiger charge is 2.61. The number of phenolic OH excluding ortho intramolecular Hbond substituents is 1. The molecule has 9 heteroatoms. The Kier molecular flexibility index (Phi) is 5.22. The van der Waals surface area contributed by atoms with Crippen LogP contribution in [-0.2, 0) is 0 Å². The van der Waals surface area contributed by atoms with Crippen molar-refractivity contribution in [2.45, 2.75) is 18.1 Å². The zero-order chi connectivity index (χ0) is 13.4. The van der Waals surface area contributed by atoms with E-state index in [4.69, 9.17) is 22.4 Å². The predicted molar refractivity (Wildman–Crippen MR) is 58.3 cm³/mol. The van der Waals surface area contributed by atoms with Gasteiger partial charge in [-0.3, -0.25) is 0 Å². The van der Waals surface area contributed by atoms with E-state index in [1.807, 2.05) is 0 Å². The minimum Gasteiger partial charge on any atom is -0.506 e. The fourth-order valence-corrected chi connectivity index (χ4v) is 1.29. The Morgan fingerprint density at radius 2 is 1.67 bits per heavy atom. The van der Waals surface area contributed by atoms with Gasteiger partial charge < -0.3 is 10.8 Å². The third-order valence-electron chi connectivity index (χ3n) is 2.10. The van der Waals surface area contributed by atoms with Gasteiger partial charge in [-0.25, -0.2) is 0 Å². The molecule has 0 saturated heterocycles. The molecule has 0 aliphatic heterocycles. The van der Waals surface area contributed by atoms with Gasteiger partial charge in [-0.15, -0.1) is 12.4 Å². The molecule has 0 fully saturated rings. The molecule has 2 nitrogen and oxygen atoms in total. The standard InChI is InChI=1S/C9H7ClF5NO.ClH/c10-5-3-4(1-2-6(5)17)7(16)8(11,12)9(13,14)15;/h1-3,7,17H,16H2;1H/t7-;/m0./s1. The number of nitrogens with two attached hydrogens (primary N) is 1. The third kappa shape index (κ3) is 3.15. The van der Waals surface area contributed by atoms with Crippen molar-refractivity contribution in [3.05, 3.63) is 28.8 Å². The average Bonchev–Trinajstić information content (AvgIpc) is 2.19. The predicted octanol–water partition coefficient (Wildman–Crippen LogP) is 3.66. The lowest BCUT2D eigenvalue weighted by molar-refractivity contribution is -0.291. The van der Waals surface area contributed by atoms with Gasteiger partial charge in [0.1, 0.15) is 11.8 Å². The Bertz CT molecular complexity index is 424. The highest BCUT2D eigenvalue weighted by Crippen LogP contribution is 2.44. The molecule has 1 aromatic carbocycles. The lowest BCUT2D eigenvalue weighted by Gasteiger charge is -2.26. The summed E-state index contributed by atoms with van der Waals surface area (Å²) < 4.78 is 61.9. The summed E-state index contributed by atoms with van der Waals surface area (Å²) in [7, 11) is 0. The first-order valence-electron chi connectivity index (χ1n) is 4.26. The number of aromatic hydroxyl groups is 1. The van der Waals surface area contributed by atoms with Crippen LogP contribution in [0.4, 0.5) is 22.0 Å². The van der Waals surface area contributed by atoms with Gasteiger partial charge in [0.05, 0.1) is 5.02 Å². The molecule has 0 spiro atoms. The van der Waals surface area contributed by atoms with Gasteiger partial charge in [0.2, 0.25) is 0 Å². The van der Waals surface area contributed by atoms with Crippen LogP contribution in [0.15, 0.2) is 18.2 Å². The summed E-state index contributed by atoms with van der Waals surface area (Å²) in [6, 6.07) is -0.0721. The Morgan fingerprint density at radius 1 is 1.17 bits per heavy atom. The van der Waals surface area contributed by atoms with E-state index in [0.717, 1.165) is 18.2 Å². The molecule has 0 saturated carbocycles. The number of rotatable bonds is 2. The molecular weight excluding hydrogens is 304 g/mol. The van der Waals surface area contributed by atoms with Gasteiger partial charge in [-0.05, 0) is 17.7 Å². The van der Waals surface area contributed by atoms with Crippen LogP contribution in [0.3, 0.4) is 0 Å². The van der Waals surface area contributed by atoms with Crippen molar-refractivity contribution >= 4 is 24.0 Å². The molecule has 0 heterocycles. The van der Waals surface area contributed by atoms with E-state index in [0.29, 0.717) is 0 Å². The summed E-state index contributed by atoms with van der Waals surface area (Å²) in [5, 5.41) is 8.65. The lowest BCUT2D eigenvalue weighted by atomic mass is 10.0. The summed E-state index contributed by atoms with van der Waals surface area (Å²) in [5.41, 5.74) is 4.35. The maximum Gasteiger partial charge on any atom is 0.455 e. The monoisotopic (exact) mass is 311 g/mol. The Labute approximate surface area is 110 Å². The number of phenols is 1. The maximum atomic E-state index is 12.9. The number of halogens is 7. The van der Waals surface area contributed by atoms with Crippen molar-refractivity contribution in [3.63, 3.8) is 0 Å². The normalized spacial score (nSPS) is 13.9. The summed E-state index contributed by atoms with van der Waals surface area (Å²) in [6.07, 6.45) is -5.75. The Morgan fingerprint density at radius 3 is 2.06 bits per heavy atom. The number of hydrogen-bond donors (Lipinski definition) is 2. The number of alkyl halides is 5. The summed E-state index contributed by atoms with van der Waals surface area (Å²) in [4.78, 5) is 0. The molecule has 0 aliphatic carbocycles. The van der Waals surface area contributed by atoms with Crippen LogP contribution in [-0.4, -0.2) is 17.2 Å². The van der Waals surface area contributed by atoms with Crippen molar-refractivity contribution < 1.29 is 27.1 Å². The topological polar surface area (TPSA) is 46.2 Å². The van der Waals surface area contributed by atoms with E-state index in [1.165, 1.54) is 0 Å². The fourth-order valence-electron chi connectivity index (χ4n) is 1.10. The van der Waals surface area contributed by atoms with Crippen LogP contribution in [0.25, 0.3) is 0 Å². The maximum absolute atomic E-state index is 12.9. The molecule has 0 aromatic heterocycles. The van der Waals surface area contributed by atoms with Gasteiger partial charge in [0.25, 0.3) is 0 Å². The van der Waals surface area contributed by atoms with Crippen LogP contribution < -0.4 is 5.73 Å². The Hall–Kier alpha value is -0.790. The molecule has 104 valence electrons. The minimum absolute atomic E-state index is 0. The average molecular weight is 312 g/mol. The van der Waals surface area contributed by atoms with Crippen LogP contribution >= 0.6 is 24.0 Å². The number of hydrogen-bond acceptors (Lipinski definition) is 2. The van der Waals surface area contributed by atoms with E-state index in [9.17, 15) is 22.0 Å². The molecule has 1 atom stereocenters. The van der Waals surface area contributed by atoms with Gasteiger partial charge in [-0.1, -0.05) is 17.7 Å². The summed E-state index contributed by atoms with van der Waals surface area (Å²) in [6.45, 7) is 0. The van der Waals surface area contributed by atoms with Crippen LogP contribution in [0, 0.1) is 0 Å². The van der Waals surface area contributed by atoms with Crippen LogP contribution in [0.1, 0.15) is 11.6 Å². The smallest absolute Gasteiger partial charge is 0.455 e. The van der Waals surface area contributed by atoms with Crippen LogP contribution in [0.5, 0.6) is 5.75 Å². The second-order valence-corrected chi connectivity index (χ2v) is 3.72. The molecular formula is C9H8Cl2F5NO. The zero-order valence-electron chi connectivity index (χ0n) is 8.51. The zero-order valence-corrected chi connectivity index (χ0v) is 10.1. The highest BCUT2D eigenvalue weighted by atomic mass is 35.5. The molecule has 3 N–H and O–H groups in total. The molecule has 0 amide bonds. The van der Waals surface area contributed by atoms with Crippen molar-refractivity contribution in [3.8, 4) is 5.75 Å². The quantitative estimate of drug-likeness (QED) is 0.819. The van der Waals surface area contributed by atoms with Crippen molar-refractivity contribution in [1.29, 1.82) is 0 Å². The van der Waals surface area contributed by atoms with Gasteiger partial charge in [-0.2, -0.15) is 22.0 Å². The second-order valence-electron chi connectivity index (χ2n) is 3.31. The van der Waals surface area contributed by atoms with E-state index in [-0.39, 0.29) is 17.4 Å². The molecule has 0 unspecified atom stereocenters. The van der Waals surface area contributed by atoms with E-state index in [1.54, 1.807) is 0 Å². The largest absolute Gasteiger partial charge is 0.506 e. The van der Waals surface area contributed by atoms with Gasteiger partial charge in [0, 0.05) is 0 Å². The van der Waals surface area contributed by atoms with E-state index >= 15 is 0 Å².